The molecule has 0 amide bonds. The monoisotopic (exact) mass is 355 g/mol. The molecule has 132 valence electrons. The molecule has 2 aromatic heterocycles. The molecule has 4 N–H and O–H groups in total. The lowest BCUT2D eigenvalue weighted by Crippen LogP contribution is -2.59. The number of anilines is 1. The van der Waals surface area contributed by atoms with Crippen LogP contribution in [0.25, 0.3) is 16.7 Å². The first-order valence-corrected chi connectivity index (χ1v) is 9.57. The molecule has 4 rings (SSSR count). The largest absolute Gasteiger partial charge is 0.398 e. The minimum absolute atomic E-state index is 0.262. The third-order valence-electron chi connectivity index (χ3n) is 5.61. The summed E-state index contributed by atoms with van der Waals surface area (Å²) >= 11 is 4.94. The number of fused-ring (bicyclic) bond motifs is 1. The predicted octanol–water partition coefficient (Wildman–Crippen LogP) is 2.97. The zero-order chi connectivity index (χ0) is 17.3. The Morgan fingerprint density at radius 1 is 1.32 bits per heavy atom. The maximum Gasteiger partial charge on any atom is 0.140 e. The number of H-pyrrole nitrogens is 1. The highest BCUT2D eigenvalue weighted by molar-refractivity contribution is 7.79. The third kappa shape index (κ3) is 3.04. The van der Waals surface area contributed by atoms with Crippen LogP contribution in [0.3, 0.4) is 0 Å². The van der Waals surface area contributed by atoms with E-state index in [1.807, 2.05) is 12.4 Å². The Hall–Kier alpha value is -1.92. The van der Waals surface area contributed by atoms with Crippen molar-refractivity contribution in [3.05, 3.63) is 30.1 Å². The van der Waals surface area contributed by atoms with E-state index >= 15 is 0 Å². The number of thiocarbonyl (C=S) groups is 1. The van der Waals surface area contributed by atoms with Crippen LogP contribution in [-0.2, 0) is 0 Å². The molecule has 5 nitrogen and oxygen atoms in total. The summed E-state index contributed by atoms with van der Waals surface area (Å²) < 4.78 is 0. The number of nitrogens with two attached hydrogens (primary N) is 1. The van der Waals surface area contributed by atoms with Crippen LogP contribution in [0.1, 0.15) is 37.7 Å². The van der Waals surface area contributed by atoms with Crippen molar-refractivity contribution in [2.45, 2.75) is 37.6 Å². The molecule has 0 aromatic carbocycles. The van der Waals surface area contributed by atoms with Gasteiger partial charge in [-0.2, -0.15) is 0 Å². The predicted molar refractivity (Wildman–Crippen MR) is 108 cm³/mol. The molecule has 2 aliphatic rings. The van der Waals surface area contributed by atoms with Gasteiger partial charge in [-0.05, 0) is 44.4 Å². The van der Waals surface area contributed by atoms with E-state index < -0.39 is 0 Å². The van der Waals surface area contributed by atoms with Crippen LogP contribution >= 0.6 is 12.2 Å². The highest BCUT2D eigenvalue weighted by Gasteiger charge is 2.36. The second-order valence-electron chi connectivity index (χ2n) is 7.20. The molecule has 4 heterocycles. The van der Waals surface area contributed by atoms with Gasteiger partial charge in [-0.1, -0.05) is 18.6 Å². The first-order valence-electron chi connectivity index (χ1n) is 9.10. The molecule has 0 aliphatic carbocycles. The number of aromatic nitrogens is 2. The summed E-state index contributed by atoms with van der Waals surface area (Å²) in [5.74, 6) is 0. The van der Waals surface area contributed by atoms with Crippen LogP contribution in [0.4, 0.5) is 5.69 Å². The van der Waals surface area contributed by atoms with Gasteiger partial charge in [-0.25, -0.2) is 4.98 Å². The zero-order valence-corrected chi connectivity index (χ0v) is 15.2. The van der Waals surface area contributed by atoms with Crippen molar-refractivity contribution in [2.75, 3.05) is 24.5 Å². The molecule has 2 aliphatic heterocycles. The summed E-state index contributed by atoms with van der Waals surface area (Å²) in [7, 11) is 0. The van der Waals surface area contributed by atoms with Crippen molar-refractivity contribution in [3.8, 4) is 0 Å². The maximum atomic E-state index is 6.24. The van der Waals surface area contributed by atoms with E-state index in [0.29, 0.717) is 5.70 Å². The van der Waals surface area contributed by atoms with E-state index in [1.165, 1.54) is 37.8 Å². The number of hydrogen-bond acceptors (Lipinski definition) is 5. The zero-order valence-electron chi connectivity index (χ0n) is 14.4. The van der Waals surface area contributed by atoms with Crippen molar-refractivity contribution in [3.63, 3.8) is 0 Å². The molecule has 2 fully saturated rings. The highest BCUT2D eigenvalue weighted by atomic mass is 32.1. The Labute approximate surface area is 153 Å². The standard InChI is InChI=1S/C19H25N5S/c20-15(5-11-25)14-12-22-18-17(14)16(4-9-21-18)24-10-3-7-19(13-24)6-1-2-8-23-19/h4-5,9,11-12,23H,1-3,6-8,10,13,20H2,(H,21,22)/b15-5-. The van der Waals surface area contributed by atoms with Gasteiger partial charge in [0.2, 0.25) is 0 Å². The topological polar surface area (TPSA) is 70.0 Å². The molecule has 25 heavy (non-hydrogen) atoms. The molecule has 6 heteroatoms. The number of nitrogens with zero attached hydrogens (tertiary/aromatic N) is 2. The Morgan fingerprint density at radius 2 is 2.20 bits per heavy atom. The molecule has 0 saturated carbocycles. The quantitative estimate of drug-likeness (QED) is 0.583. The van der Waals surface area contributed by atoms with Gasteiger partial charge in [0.1, 0.15) is 5.65 Å². The first-order chi connectivity index (χ1) is 12.2. The van der Waals surface area contributed by atoms with E-state index in [0.717, 1.165) is 36.2 Å². The van der Waals surface area contributed by atoms with Gasteiger partial charge in [-0.3, -0.25) is 0 Å². The van der Waals surface area contributed by atoms with Crippen LogP contribution in [0.2, 0.25) is 0 Å². The van der Waals surface area contributed by atoms with Crippen LogP contribution in [0.5, 0.6) is 0 Å². The van der Waals surface area contributed by atoms with E-state index in [9.17, 15) is 0 Å². The Bertz CT molecular complexity index is 798. The highest BCUT2D eigenvalue weighted by Crippen LogP contribution is 2.36. The average molecular weight is 356 g/mol. The second-order valence-corrected chi connectivity index (χ2v) is 7.48. The number of hydrogen-bond donors (Lipinski definition) is 3. The fourth-order valence-corrected chi connectivity index (χ4v) is 4.56. The van der Waals surface area contributed by atoms with Gasteiger partial charge in [-0.15, -0.1) is 0 Å². The summed E-state index contributed by atoms with van der Waals surface area (Å²) in [6.07, 6.45) is 12.0. The van der Waals surface area contributed by atoms with Crippen LogP contribution < -0.4 is 16.0 Å². The average Bonchev–Trinajstić information content (AvgIpc) is 3.07. The second kappa shape index (κ2) is 6.77. The molecular formula is C19H25N5S. The summed E-state index contributed by atoms with van der Waals surface area (Å²) in [5, 5.41) is 6.47. The van der Waals surface area contributed by atoms with Crippen molar-refractivity contribution in [2.24, 2.45) is 5.73 Å². The molecule has 2 aromatic rings. The third-order valence-corrected chi connectivity index (χ3v) is 5.75. The molecule has 0 bridgehead atoms. The number of allylic oxidation sites excluding steroid dienone is 1. The molecule has 1 unspecified atom stereocenters. The van der Waals surface area contributed by atoms with Gasteiger partial charge >= 0.3 is 0 Å². The van der Waals surface area contributed by atoms with Crippen molar-refractivity contribution in [1.82, 2.24) is 15.3 Å². The Balaban J connectivity index is 1.74. The van der Waals surface area contributed by atoms with Gasteiger partial charge in [0.05, 0.1) is 11.1 Å². The van der Waals surface area contributed by atoms with E-state index in [2.05, 4.69) is 26.3 Å². The number of rotatable bonds is 3. The van der Waals surface area contributed by atoms with Crippen LogP contribution in [0.15, 0.2) is 24.5 Å². The minimum Gasteiger partial charge on any atom is -0.398 e. The molecule has 1 spiro atoms. The Kier molecular flexibility index (Phi) is 4.48. The lowest BCUT2D eigenvalue weighted by molar-refractivity contribution is 0.216. The van der Waals surface area contributed by atoms with Crippen LogP contribution in [0, 0.1) is 0 Å². The van der Waals surface area contributed by atoms with Crippen LogP contribution in [-0.4, -0.2) is 40.5 Å². The maximum absolute atomic E-state index is 6.24. The van der Waals surface area contributed by atoms with Gasteiger partial charge in [0.15, 0.2) is 0 Å². The molecule has 0 radical (unpaired) electrons. The van der Waals surface area contributed by atoms with Gasteiger partial charge in [0.25, 0.3) is 0 Å². The minimum atomic E-state index is 0.262. The fourth-order valence-electron chi connectivity index (χ4n) is 4.41. The molecule has 1 atom stereocenters. The molecular weight excluding hydrogens is 330 g/mol. The summed E-state index contributed by atoms with van der Waals surface area (Å²) in [4.78, 5) is 10.3. The smallest absolute Gasteiger partial charge is 0.140 e. The number of aromatic amines is 1. The number of pyridine rings is 1. The lowest BCUT2D eigenvalue weighted by Gasteiger charge is -2.47. The number of piperidine rings is 2. The Morgan fingerprint density at radius 3 is 3.00 bits per heavy atom. The summed E-state index contributed by atoms with van der Waals surface area (Å²) in [5.41, 5.74) is 10.3. The van der Waals surface area contributed by atoms with E-state index in [-0.39, 0.29) is 5.54 Å². The van der Waals surface area contributed by atoms with Crippen molar-refractivity contribution < 1.29 is 0 Å². The van der Waals surface area contributed by atoms with E-state index in [1.54, 1.807) is 11.4 Å². The number of nitrogens with one attached hydrogen (secondary N) is 2. The summed E-state index contributed by atoms with van der Waals surface area (Å²) in [6, 6.07) is 2.12. The lowest BCUT2D eigenvalue weighted by atomic mass is 9.81. The van der Waals surface area contributed by atoms with Crippen molar-refractivity contribution >= 4 is 40.0 Å². The van der Waals surface area contributed by atoms with Gasteiger partial charge < -0.3 is 20.9 Å². The van der Waals surface area contributed by atoms with Gasteiger partial charge in [0, 0.05) is 47.7 Å². The van der Waals surface area contributed by atoms with Crippen molar-refractivity contribution in [1.29, 1.82) is 0 Å². The SMILES string of the molecule is N/C(=C\C=S)c1c[nH]c2nccc(N3CCCC4(CCCCN4)C3)c12. The first kappa shape index (κ1) is 16.5. The fraction of sp³-hybridized carbons (Fsp3) is 0.474. The normalized spacial score (nSPS) is 24.8. The summed E-state index contributed by atoms with van der Waals surface area (Å²) in [6.45, 7) is 3.26. The van der Waals surface area contributed by atoms with E-state index in [4.69, 9.17) is 18.0 Å². The molecule has 2 saturated heterocycles.